The van der Waals surface area contributed by atoms with Crippen molar-refractivity contribution in [1.29, 1.82) is 0 Å². The van der Waals surface area contributed by atoms with Crippen LogP contribution in [0.2, 0.25) is 0 Å². The fourth-order valence-corrected chi connectivity index (χ4v) is 2.79. The molecule has 0 aromatic carbocycles. The number of hydrogen-bond acceptors (Lipinski definition) is 2. The van der Waals surface area contributed by atoms with Crippen molar-refractivity contribution in [2.24, 2.45) is 11.8 Å². The molecule has 1 rings (SSSR count). The SMILES string of the molecule is CCC(C)=CCCC(C)=CC(C)C1CC(=O)N(CC)C1=O. The Hall–Kier alpha value is -1.38. The highest BCUT2D eigenvalue weighted by Gasteiger charge is 2.39. The number of imide groups is 1. The molecule has 0 saturated carbocycles. The van der Waals surface area contributed by atoms with Crippen molar-refractivity contribution < 1.29 is 9.59 Å². The van der Waals surface area contributed by atoms with Crippen LogP contribution in [0.3, 0.4) is 0 Å². The van der Waals surface area contributed by atoms with E-state index in [0.29, 0.717) is 13.0 Å². The minimum atomic E-state index is -0.166. The van der Waals surface area contributed by atoms with Gasteiger partial charge in [-0.3, -0.25) is 14.5 Å². The van der Waals surface area contributed by atoms with Gasteiger partial charge in [-0.1, -0.05) is 37.1 Å². The predicted molar refractivity (Wildman–Crippen MR) is 86.7 cm³/mol. The minimum Gasteiger partial charge on any atom is -0.283 e. The van der Waals surface area contributed by atoms with Gasteiger partial charge in [-0.05, 0) is 46.0 Å². The van der Waals surface area contributed by atoms with Crippen LogP contribution in [0.1, 0.15) is 60.3 Å². The largest absolute Gasteiger partial charge is 0.283 e. The molecule has 0 aromatic rings. The molecule has 0 aromatic heterocycles. The summed E-state index contributed by atoms with van der Waals surface area (Å²) in [5.41, 5.74) is 2.73. The zero-order valence-corrected chi connectivity index (χ0v) is 14.1. The van der Waals surface area contributed by atoms with Crippen molar-refractivity contribution in [3.63, 3.8) is 0 Å². The van der Waals surface area contributed by atoms with Gasteiger partial charge in [0, 0.05) is 13.0 Å². The molecule has 2 unspecified atom stereocenters. The summed E-state index contributed by atoms with van der Waals surface area (Å²) in [6, 6.07) is 0. The first-order valence-corrected chi connectivity index (χ1v) is 8.07. The normalized spacial score (nSPS) is 22.1. The van der Waals surface area contributed by atoms with Crippen LogP contribution in [-0.2, 0) is 9.59 Å². The lowest BCUT2D eigenvalue weighted by molar-refractivity contribution is -0.139. The number of carbonyl (C=O) groups excluding carboxylic acids is 2. The number of hydrogen-bond donors (Lipinski definition) is 0. The van der Waals surface area contributed by atoms with Crippen LogP contribution in [-0.4, -0.2) is 23.3 Å². The smallest absolute Gasteiger partial charge is 0.233 e. The summed E-state index contributed by atoms with van der Waals surface area (Å²) in [5.74, 6) is -0.0535. The van der Waals surface area contributed by atoms with E-state index < -0.39 is 0 Å². The summed E-state index contributed by atoms with van der Waals surface area (Å²) in [6.07, 6.45) is 7.99. The number of rotatable bonds is 7. The van der Waals surface area contributed by atoms with E-state index in [1.807, 2.05) is 13.8 Å². The first-order valence-electron chi connectivity index (χ1n) is 8.07. The zero-order valence-electron chi connectivity index (χ0n) is 14.1. The highest BCUT2D eigenvalue weighted by molar-refractivity contribution is 6.03. The lowest BCUT2D eigenvalue weighted by Crippen LogP contribution is -2.31. The third kappa shape index (κ3) is 4.83. The molecule has 1 heterocycles. The molecule has 0 spiro atoms. The highest BCUT2D eigenvalue weighted by Crippen LogP contribution is 2.28. The third-order valence-electron chi connectivity index (χ3n) is 4.37. The molecule has 1 aliphatic heterocycles. The molecule has 118 valence electrons. The molecule has 0 bridgehead atoms. The molecule has 0 aliphatic carbocycles. The second-order valence-corrected chi connectivity index (χ2v) is 6.10. The molecular weight excluding hydrogens is 262 g/mol. The van der Waals surface area contributed by atoms with Crippen LogP contribution in [0.25, 0.3) is 0 Å². The Kier molecular flexibility index (Phi) is 6.86. The molecule has 2 amide bonds. The van der Waals surface area contributed by atoms with Gasteiger partial charge >= 0.3 is 0 Å². The van der Waals surface area contributed by atoms with Crippen LogP contribution in [0.15, 0.2) is 23.3 Å². The maximum Gasteiger partial charge on any atom is 0.233 e. The van der Waals surface area contributed by atoms with E-state index in [0.717, 1.165) is 19.3 Å². The first-order chi connectivity index (χ1) is 9.90. The Balaban J connectivity index is 2.59. The maximum atomic E-state index is 12.2. The van der Waals surface area contributed by atoms with Crippen molar-refractivity contribution in [3.05, 3.63) is 23.3 Å². The Morgan fingerprint density at radius 3 is 2.48 bits per heavy atom. The van der Waals surface area contributed by atoms with Crippen molar-refractivity contribution in [2.75, 3.05) is 6.54 Å². The maximum absolute atomic E-state index is 12.2. The van der Waals surface area contributed by atoms with Crippen LogP contribution < -0.4 is 0 Å². The van der Waals surface area contributed by atoms with Gasteiger partial charge in [-0.2, -0.15) is 0 Å². The van der Waals surface area contributed by atoms with Crippen LogP contribution >= 0.6 is 0 Å². The summed E-state index contributed by atoms with van der Waals surface area (Å²) >= 11 is 0. The van der Waals surface area contributed by atoms with Crippen molar-refractivity contribution in [3.8, 4) is 0 Å². The fourth-order valence-electron chi connectivity index (χ4n) is 2.79. The monoisotopic (exact) mass is 291 g/mol. The van der Waals surface area contributed by atoms with E-state index in [-0.39, 0.29) is 23.7 Å². The second-order valence-electron chi connectivity index (χ2n) is 6.10. The molecule has 21 heavy (non-hydrogen) atoms. The van der Waals surface area contributed by atoms with Crippen molar-refractivity contribution in [1.82, 2.24) is 4.90 Å². The minimum absolute atomic E-state index is 0.000716. The van der Waals surface area contributed by atoms with Gasteiger partial charge < -0.3 is 0 Å². The lowest BCUT2D eigenvalue weighted by Gasteiger charge is -2.16. The molecule has 1 fully saturated rings. The average molecular weight is 291 g/mol. The average Bonchev–Trinajstić information content (AvgIpc) is 2.73. The summed E-state index contributed by atoms with van der Waals surface area (Å²) in [5, 5.41) is 0. The molecule has 0 radical (unpaired) electrons. The summed E-state index contributed by atoms with van der Waals surface area (Å²) < 4.78 is 0. The quantitative estimate of drug-likeness (QED) is 0.523. The molecule has 1 aliphatic rings. The van der Waals surface area contributed by atoms with Crippen molar-refractivity contribution >= 4 is 11.8 Å². The summed E-state index contributed by atoms with van der Waals surface area (Å²) in [7, 11) is 0. The Morgan fingerprint density at radius 2 is 1.95 bits per heavy atom. The Labute approximate surface area is 129 Å². The van der Waals surface area contributed by atoms with E-state index in [1.54, 1.807) is 0 Å². The number of likely N-dealkylation sites (tertiary alicyclic amines) is 1. The van der Waals surface area contributed by atoms with Crippen LogP contribution in [0.4, 0.5) is 0 Å². The highest BCUT2D eigenvalue weighted by atomic mass is 16.2. The van der Waals surface area contributed by atoms with Gasteiger partial charge in [0.25, 0.3) is 0 Å². The van der Waals surface area contributed by atoms with Gasteiger partial charge in [-0.15, -0.1) is 0 Å². The molecular formula is C18H29NO2. The Morgan fingerprint density at radius 1 is 1.29 bits per heavy atom. The van der Waals surface area contributed by atoms with E-state index in [2.05, 4.69) is 32.9 Å². The number of carbonyl (C=O) groups is 2. The van der Waals surface area contributed by atoms with Crippen molar-refractivity contribution in [2.45, 2.75) is 60.3 Å². The van der Waals surface area contributed by atoms with E-state index in [1.165, 1.54) is 16.0 Å². The summed E-state index contributed by atoms with van der Waals surface area (Å²) in [6.45, 7) is 10.8. The van der Waals surface area contributed by atoms with Gasteiger partial charge in [0.15, 0.2) is 0 Å². The lowest BCUT2D eigenvalue weighted by atomic mass is 9.90. The number of amides is 2. The van der Waals surface area contributed by atoms with Crippen LogP contribution in [0.5, 0.6) is 0 Å². The van der Waals surface area contributed by atoms with E-state index >= 15 is 0 Å². The standard InChI is InChI=1S/C18H29NO2/c1-6-13(3)9-8-10-14(4)11-15(5)16-12-17(20)19(7-2)18(16)21/h9,11,15-16H,6-8,10,12H2,1-5H3. The zero-order chi connectivity index (χ0) is 16.0. The third-order valence-corrected chi connectivity index (χ3v) is 4.37. The van der Waals surface area contributed by atoms with Gasteiger partial charge in [-0.25, -0.2) is 0 Å². The predicted octanol–water partition coefficient (Wildman–Crippen LogP) is 4.10. The van der Waals surface area contributed by atoms with Gasteiger partial charge in [0.05, 0.1) is 5.92 Å². The van der Waals surface area contributed by atoms with Gasteiger partial charge in [0.1, 0.15) is 0 Å². The molecule has 0 N–H and O–H groups in total. The fraction of sp³-hybridized carbons (Fsp3) is 0.667. The molecule has 2 atom stereocenters. The summed E-state index contributed by atoms with van der Waals surface area (Å²) in [4.78, 5) is 25.3. The number of nitrogens with zero attached hydrogens (tertiary/aromatic N) is 1. The van der Waals surface area contributed by atoms with E-state index in [4.69, 9.17) is 0 Å². The van der Waals surface area contributed by atoms with E-state index in [9.17, 15) is 9.59 Å². The van der Waals surface area contributed by atoms with Crippen LogP contribution in [0, 0.1) is 11.8 Å². The number of allylic oxidation sites excluding steroid dienone is 4. The molecule has 3 heteroatoms. The Bertz CT molecular complexity index is 448. The second kappa shape index (κ2) is 8.16. The topological polar surface area (TPSA) is 37.4 Å². The molecule has 3 nitrogen and oxygen atoms in total. The van der Waals surface area contributed by atoms with Gasteiger partial charge in [0.2, 0.25) is 11.8 Å². The first kappa shape index (κ1) is 17.7. The molecule has 1 saturated heterocycles.